The zero-order valence-corrected chi connectivity index (χ0v) is 14.7. The van der Waals surface area contributed by atoms with Crippen LogP contribution in [0.5, 0.6) is 0 Å². The molecule has 1 unspecified atom stereocenters. The first-order chi connectivity index (χ1) is 10.1. The van der Waals surface area contributed by atoms with Crippen molar-refractivity contribution in [3.63, 3.8) is 0 Å². The molecule has 0 aromatic heterocycles. The molecule has 1 aromatic carbocycles. The van der Waals surface area contributed by atoms with Gasteiger partial charge in [-0.2, -0.15) is 0 Å². The summed E-state index contributed by atoms with van der Waals surface area (Å²) in [6, 6.07) is 10.6. The highest BCUT2D eigenvalue weighted by Crippen LogP contribution is 2.29. The van der Waals surface area contributed by atoms with Crippen LogP contribution in [0.1, 0.15) is 45.6 Å². The van der Waals surface area contributed by atoms with E-state index < -0.39 is 0 Å². The maximum Gasteiger partial charge on any atom is 0.223 e. The lowest BCUT2D eigenvalue weighted by Gasteiger charge is -2.36. The number of amides is 1. The van der Waals surface area contributed by atoms with Gasteiger partial charge in [0.1, 0.15) is 0 Å². The molecule has 2 rings (SSSR count). The van der Waals surface area contributed by atoms with Gasteiger partial charge in [-0.25, -0.2) is 0 Å². The van der Waals surface area contributed by atoms with Crippen LogP contribution >= 0.6 is 12.4 Å². The Kier molecular flexibility index (Phi) is 7.37. The largest absolute Gasteiger partial charge is 0.352 e. The maximum atomic E-state index is 12.5. The SMILES string of the molecule is CCC(NC(=O)C1CCNCC1)C(C)(C)c1ccccc1.Cl. The Morgan fingerprint density at radius 1 is 1.27 bits per heavy atom. The van der Waals surface area contributed by atoms with Crippen molar-refractivity contribution in [1.29, 1.82) is 0 Å². The molecule has 4 heteroatoms. The Balaban J connectivity index is 0.00000242. The van der Waals surface area contributed by atoms with Gasteiger partial charge in [0.05, 0.1) is 0 Å². The molecule has 1 saturated heterocycles. The molecule has 2 N–H and O–H groups in total. The first kappa shape index (κ1) is 19.0. The Morgan fingerprint density at radius 2 is 1.86 bits per heavy atom. The third-order valence-electron chi connectivity index (χ3n) is 4.82. The van der Waals surface area contributed by atoms with E-state index in [1.54, 1.807) is 0 Å². The molecule has 0 radical (unpaired) electrons. The van der Waals surface area contributed by atoms with Crippen LogP contribution < -0.4 is 10.6 Å². The molecule has 1 amide bonds. The van der Waals surface area contributed by atoms with E-state index in [4.69, 9.17) is 0 Å². The van der Waals surface area contributed by atoms with Crippen molar-refractivity contribution in [1.82, 2.24) is 10.6 Å². The molecule has 1 aliphatic rings. The van der Waals surface area contributed by atoms with Crippen LogP contribution in [-0.2, 0) is 10.2 Å². The lowest BCUT2D eigenvalue weighted by molar-refractivity contribution is -0.127. The second-order valence-electron chi connectivity index (χ2n) is 6.58. The molecule has 1 atom stereocenters. The number of hydrogen-bond acceptors (Lipinski definition) is 2. The normalized spacial score (nSPS) is 17.4. The summed E-state index contributed by atoms with van der Waals surface area (Å²) >= 11 is 0. The van der Waals surface area contributed by atoms with Gasteiger partial charge in [-0.15, -0.1) is 12.4 Å². The van der Waals surface area contributed by atoms with Crippen molar-refractivity contribution in [3.05, 3.63) is 35.9 Å². The fourth-order valence-corrected chi connectivity index (χ4v) is 3.24. The molecule has 1 heterocycles. The molecule has 0 bridgehead atoms. The lowest BCUT2D eigenvalue weighted by atomic mass is 9.76. The number of benzene rings is 1. The number of hydrogen-bond donors (Lipinski definition) is 2. The van der Waals surface area contributed by atoms with Gasteiger partial charge in [0, 0.05) is 17.4 Å². The minimum Gasteiger partial charge on any atom is -0.352 e. The third-order valence-corrected chi connectivity index (χ3v) is 4.82. The van der Waals surface area contributed by atoms with Gasteiger partial charge in [-0.05, 0) is 37.9 Å². The summed E-state index contributed by atoms with van der Waals surface area (Å²) in [5, 5.41) is 6.62. The number of rotatable bonds is 5. The highest BCUT2D eigenvalue weighted by molar-refractivity contribution is 5.85. The van der Waals surface area contributed by atoms with E-state index in [2.05, 4.69) is 55.7 Å². The predicted octanol–water partition coefficient (Wildman–Crippen LogP) is 3.28. The Hall–Kier alpha value is -1.06. The van der Waals surface area contributed by atoms with Gasteiger partial charge in [0.25, 0.3) is 0 Å². The smallest absolute Gasteiger partial charge is 0.223 e. The molecule has 1 aromatic rings. The zero-order valence-electron chi connectivity index (χ0n) is 13.9. The quantitative estimate of drug-likeness (QED) is 0.872. The lowest BCUT2D eigenvalue weighted by Crippen LogP contribution is -2.50. The van der Waals surface area contributed by atoms with Gasteiger partial charge in [0.2, 0.25) is 5.91 Å². The van der Waals surface area contributed by atoms with Crippen LogP contribution in [0.3, 0.4) is 0 Å². The highest BCUT2D eigenvalue weighted by Gasteiger charge is 2.33. The molecule has 124 valence electrons. The van der Waals surface area contributed by atoms with Gasteiger partial charge in [0.15, 0.2) is 0 Å². The maximum absolute atomic E-state index is 12.5. The van der Waals surface area contributed by atoms with Crippen LogP contribution in [0.15, 0.2) is 30.3 Å². The average molecular weight is 325 g/mol. The molecular weight excluding hydrogens is 296 g/mol. The Labute approximate surface area is 140 Å². The summed E-state index contributed by atoms with van der Waals surface area (Å²) in [7, 11) is 0. The average Bonchev–Trinajstić information content (AvgIpc) is 2.53. The van der Waals surface area contributed by atoms with Gasteiger partial charge in [-0.3, -0.25) is 4.79 Å². The van der Waals surface area contributed by atoms with E-state index in [-0.39, 0.29) is 35.7 Å². The first-order valence-electron chi connectivity index (χ1n) is 8.12. The Morgan fingerprint density at radius 3 is 2.41 bits per heavy atom. The van der Waals surface area contributed by atoms with Crippen LogP contribution in [0.2, 0.25) is 0 Å². The van der Waals surface area contributed by atoms with Crippen molar-refractivity contribution in [2.24, 2.45) is 5.92 Å². The molecule has 0 aliphatic carbocycles. The van der Waals surface area contributed by atoms with E-state index in [0.717, 1.165) is 32.4 Å². The third kappa shape index (κ3) is 4.47. The molecule has 3 nitrogen and oxygen atoms in total. The van der Waals surface area contributed by atoms with Crippen LogP contribution in [0, 0.1) is 5.92 Å². The van der Waals surface area contributed by atoms with Gasteiger partial charge in [-0.1, -0.05) is 51.1 Å². The highest BCUT2D eigenvalue weighted by atomic mass is 35.5. The molecular formula is C18H29ClN2O. The van der Waals surface area contributed by atoms with Crippen LogP contribution in [0.25, 0.3) is 0 Å². The summed E-state index contributed by atoms with van der Waals surface area (Å²) in [5.41, 5.74) is 1.22. The summed E-state index contributed by atoms with van der Waals surface area (Å²) in [4.78, 5) is 12.5. The van der Waals surface area contributed by atoms with E-state index in [1.165, 1.54) is 5.56 Å². The van der Waals surface area contributed by atoms with E-state index in [0.29, 0.717) is 0 Å². The van der Waals surface area contributed by atoms with E-state index >= 15 is 0 Å². The standard InChI is InChI=1S/C18H28N2O.ClH/c1-4-16(18(2,3)15-8-6-5-7-9-15)20-17(21)14-10-12-19-13-11-14;/h5-9,14,16,19H,4,10-13H2,1-3H3,(H,20,21);1H. The molecule has 22 heavy (non-hydrogen) atoms. The second-order valence-corrected chi connectivity index (χ2v) is 6.58. The van der Waals surface area contributed by atoms with Crippen molar-refractivity contribution >= 4 is 18.3 Å². The number of carbonyl (C=O) groups is 1. The minimum atomic E-state index is -0.0570. The van der Waals surface area contributed by atoms with Crippen molar-refractivity contribution in [2.45, 2.75) is 51.5 Å². The van der Waals surface area contributed by atoms with Crippen LogP contribution in [0.4, 0.5) is 0 Å². The predicted molar refractivity (Wildman–Crippen MR) is 94.5 cm³/mol. The van der Waals surface area contributed by atoms with Gasteiger partial charge >= 0.3 is 0 Å². The summed E-state index contributed by atoms with van der Waals surface area (Å²) in [6.45, 7) is 8.50. The van der Waals surface area contributed by atoms with Crippen molar-refractivity contribution in [3.8, 4) is 0 Å². The fraction of sp³-hybridized carbons (Fsp3) is 0.611. The Bertz CT molecular complexity index is 455. The monoisotopic (exact) mass is 324 g/mol. The number of nitrogens with one attached hydrogen (secondary N) is 2. The topological polar surface area (TPSA) is 41.1 Å². The van der Waals surface area contributed by atoms with E-state index in [9.17, 15) is 4.79 Å². The minimum absolute atomic E-state index is 0. The molecule has 0 saturated carbocycles. The second kappa shape index (κ2) is 8.54. The number of carbonyl (C=O) groups excluding carboxylic acids is 1. The summed E-state index contributed by atoms with van der Waals surface area (Å²) in [6.07, 6.45) is 2.85. The molecule has 1 aliphatic heterocycles. The van der Waals surface area contributed by atoms with Crippen molar-refractivity contribution < 1.29 is 4.79 Å². The zero-order chi connectivity index (χ0) is 15.3. The van der Waals surface area contributed by atoms with E-state index in [1.807, 2.05) is 6.07 Å². The van der Waals surface area contributed by atoms with Crippen molar-refractivity contribution in [2.75, 3.05) is 13.1 Å². The summed E-state index contributed by atoms with van der Waals surface area (Å²) in [5.74, 6) is 0.402. The summed E-state index contributed by atoms with van der Waals surface area (Å²) < 4.78 is 0. The fourth-order valence-electron chi connectivity index (χ4n) is 3.24. The molecule has 0 spiro atoms. The first-order valence-corrected chi connectivity index (χ1v) is 8.12. The number of halogens is 1. The molecule has 1 fully saturated rings. The number of piperidine rings is 1. The van der Waals surface area contributed by atoms with Gasteiger partial charge < -0.3 is 10.6 Å². The van der Waals surface area contributed by atoms with Crippen LogP contribution in [-0.4, -0.2) is 25.0 Å².